The van der Waals surface area contributed by atoms with Gasteiger partial charge < -0.3 is 19.9 Å². The highest BCUT2D eigenvalue weighted by Crippen LogP contribution is 2.22. The van der Waals surface area contributed by atoms with Crippen molar-refractivity contribution in [2.45, 2.75) is 0 Å². The van der Waals surface area contributed by atoms with Crippen LogP contribution in [-0.4, -0.2) is 69.1 Å². The first-order valence-electron chi connectivity index (χ1n) is 11.0. The highest BCUT2D eigenvalue weighted by atomic mass is 32.1. The number of fused-ring (bicyclic) bond motifs is 1. The van der Waals surface area contributed by atoms with Gasteiger partial charge in [0.15, 0.2) is 16.6 Å². The predicted molar refractivity (Wildman–Crippen MR) is 134 cm³/mol. The maximum absolute atomic E-state index is 13.3. The molecule has 0 unspecified atom stereocenters. The molecule has 178 valence electrons. The molecule has 9 nitrogen and oxygen atoms in total. The number of methoxy groups -OCH3 is 1. The number of hydrogen-bond donors (Lipinski definition) is 1. The van der Waals surface area contributed by atoms with E-state index in [-0.39, 0.29) is 5.82 Å². The fourth-order valence-electron chi connectivity index (χ4n) is 3.94. The number of halogens is 1. The topological polar surface area (TPSA) is 87.9 Å². The zero-order valence-electron chi connectivity index (χ0n) is 18.9. The van der Waals surface area contributed by atoms with Gasteiger partial charge in [-0.05, 0) is 60.7 Å². The van der Waals surface area contributed by atoms with Crippen molar-refractivity contribution >= 4 is 40.5 Å². The van der Waals surface area contributed by atoms with Crippen LogP contribution in [0.15, 0.2) is 60.7 Å². The summed E-state index contributed by atoms with van der Waals surface area (Å²) in [6, 6.07) is 17.0. The van der Waals surface area contributed by atoms with Crippen molar-refractivity contribution in [3.05, 3.63) is 72.0 Å². The second-order valence-corrected chi connectivity index (χ2v) is 8.32. The average molecular weight is 492 g/mol. The second kappa shape index (κ2) is 9.63. The Labute approximate surface area is 206 Å². The van der Waals surface area contributed by atoms with Gasteiger partial charge in [0.1, 0.15) is 11.6 Å². The van der Waals surface area contributed by atoms with Crippen molar-refractivity contribution in [3.8, 4) is 11.4 Å². The first kappa shape index (κ1) is 22.7. The van der Waals surface area contributed by atoms with Gasteiger partial charge >= 0.3 is 5.97 Å². The summed E-state index contributed by atoms with van der Waals surface area (Å²) in [5.74, 6) is 0.608. The third-order valence-corrected chi connectivity index (χ3v) is 6.18. The van der Waals surface area contributed by atoms with E-state index < -0.39 is 5.97 Å². The van der Waals surface area contributed by atoms with Crippen LogP contribution in [0.4, 0.5) is 15.9 Å². The SMILES string of the molecule is COC(=O)c1ccccc1NC(=S)N1CCN(c2ccc3nnc(-c4ccc(F)cc4)n3n2)CC1. The van der Waals surface area contributed by atoms with Gasteiger partial charge in [0.25, 0.3) is 0 Å². The van der Waals surface area contributed by atoms with E-state index >= 15 is 0 Å². The lowest BCUT2D eigenvalue weighted by Crippen LogP contribution is -2.50. The van der Waals surface area contributed by atoms with Crippen LogP contribution in [0.5, 0.6) is 0 Å². The van der Waals surface area contributed by atoms with Gasteiger partial charge in [0, 0.05) is 31.7 Å². The van der Waals surface area contributed by atoms with Gasteiger partial charge in [-0.3, -0.25) is 0 Å². The zero-order valence-corrected chi connectivity index (χ0v) is 19.7. The highest BCUT2D eigenvalue weighted by molar-refractivity contribution is 7.80. The first-order chi connectivity index (χ1) is 17.0. The number of para-hydroxylation sites is 1. The smallest absolute Gasteiger partial charge is 0.339 e. The number of benzene rings is 2. The summed E-state index contributed by atoms with van der Waals surface area (Å²) in [5, 5.41) is 16.9. The summed E-state index contributed by atoms with van der Waals surface area (Å²) in [6.45, 7) is 2.76. The summed E-state index contributed by atoms with van der Waals surface area (Å²) in [7, 11) is 1.35. The molecule has 1 aliphatic rings. The lowest BCUT2D eigenvalue weighted by molar-refractivity contribution is 0.0602. The summed E-state index contributed by atoms with van der Waals surface area (Å²) in [5.41, 5.74) is 2.39. The Hall–Kier alpha value is -4.12. The van der Waals surface area contributed by atoms with Crippen LogP contribution in [0.3, 0.4) is 0 Å². The number of piperazine rings is 1. The van der Waals surface area contributed by atoms with Crippen LogP contribution in [-0.2, 0) is 4.74 Å². The fraction of sp³-hybridized carbons (Fsp3) is 0.208. The molecule has 1 saturated heterocycles. The number of ether oxygens (including phenoxy) is 1. The highest BCUT2D eigenvalue weighted by Gasteiger charge is 2.22. The molecule has 1 fully saturated rings. The molecule has 0 saturated carbocycles. The molecule has 1 N–H and O–H groups in total. The lowest BCUT2D eigenvalue weighted by atomic mass is 10.2. The quantitative estimate of drug-likeness (QED) is 0.341. The minimum Gasteiger partial charge on any atom is -0.465 e. The van der Waals surface area contributed by atoms with Crippen molar-refractivity contribution in [3.63, 3.8) is 0 Å². The Balaban J connectivity index is 1.28. The molecular weight excluding hydrogens is 469 g/mol. The van der Waals surface area contributed by atoms with Crippen molar-refractivity contribution in [2.75, 3.05) is 43.5 Å². The van der Waals surface area contributed by atoms with E-state index in [9.17, 15) is 9.18 Å². The summed E-state index contributed by atoms with van der Waals surface area (Å²) >= 11 is 5.61. The van der Waals surface area contributed by atoms with Gasteiger partial charge in [0.2, 0.25) is 0 Å². The predicted octanol–water partition coefficient (Wildman–Crippen LogP) is 3.24. The van der Waals surface area contributed by atoms with E-state index in [1.165, 1.54) is 19.2 Å². The van der Waals surface area contributed by atoms with Crippen LogP contribution in [0.1, 0.15) is 10.4 Å². The zero-order chi connectivity index (χ0) is 24.4. The van der Waals surface area contributed by atoms with E-state index in [0.29, 0.717) is 54.0 Å². The van der Waals surface area contributed by atoms with E-state index in [0.717, 1.165) is 11.4 Å². The Bertz CT molecular complexity index is 1380. The molecule has 3 heterocycles. The van der Waals surface area contributed by atoms with Crippen LogP contribution < -0.4 is 10.2 Å². The second-order valence-electron chi connectivity index (χ2n) is 7.93. The minimum atomic E-state index is -0.420. The minimum absolute atomic E-state index is 0.310. The average Bonchev–Trinajstić information content (AvgIpc) is 3.32. The molecule has 0 amide bonds. The van der Waals surface area contributed by atoms with Crippen LogP contribution in [0.25, 0.3) is 17.0 Å². The molecule has 5 rings (SSSR count). The summed E-state index contributed by atoms with van der Waals surface area (Å²) in [4.78, 5) is 16.3. The van der Waals surface area contributed by atoms with Gasteiger partial charge in [-0.15, -0.1) is 15.3 Å². The molecule has 11 heteroatoms. The maximum atomic E-state index is 13.3. The normalized spacial score (nSPS) is 13.7. The number of aromatic nitrogens is 4. The number of rotatable bonds is 4. The molecule has 0 aliphatic carbocycles. The van der Waals surface area contributed by atoms with E-state index in [2.05, 4.69) is 25.3 Å². The van der Waals surface area contributed by atoms with Crippen molar-refractivity contribution in [1.82, 2.24) is 24.7 Å². The van der Waals surface area contributed by atoms with Crippen LogP contribution in [0.2, 0.25) is 0 Å². The molecule has 35 heavy (non-hydrogen) atoms. The molecule has 0 radical (unpaired) electrons. The number of carbonyl (C=O) groups excluding carboxylic acids is 1. The van der Waals surface area contributed by atoms with Crippen molar-refractivity contribution < 1.29 is 13.9 Å². The molecule has 2 aromatic carbocycles. The van der Waals surface area contributed by atoms with Gasteiger partial charge in [0.05, 0.1) is 18.4 Å². The molecular formula is C24H22FN7O2S. The Morgan fingerprint density at radius 2 is 1.74 bits per heavy atom. The summed E-state index contributed by atoms with van der Waals surface area (Å²) < 4.78 is 19.9. The molecule has 0 spiro atoms. The number of esters is 1. The molecule has 2 aromatic heterocycles. The number of carbonyl (C=O) groups is 1. The standard InChI is InChI=1S/C24H22FN7O2S/c1-34-23(33)18-4-2-3-5-19(18)26-24(35)31-14-12-30(13-15-31)21-11-10-20-27-28-22(32(20)29-21)16-6-8-17(25)9-7-16/h2-11H,12-15H2,1H3,(H,26,35). The van der Waals surface area contributed by atoms with Crippen molar-refractivity contribution in [2.24, 2.45) is 0 Å². The Morgan fingerprint density at radius 3 is 2.49 bits per heavy atom. The van der Waals surface area contributed by atoms with Gasteiger partial charge in [-0.2, -0.15) is 4.52 Å². The third-order valence-electron chi connectivity index (χ3n) is 5.82. The molecule has 0 atom stereocenters. The summed E-state index contributed by atoms with van der Waals surface area (Å²) in [6.07, 6.45) is 0. The largest absolute Gasteiger partial charge is 0.465 e. The fourth-order valence-corrected chi connectivity index (χ4v) is 4.23. The van der Waals surface area contributed by atoms with Crippen molar-refractivity contribution in [1.29, 1.82) is 0 Å². The molecule has 1 aliphatic heterocycles. The number of thiocarbonyl (C=S) groups is 1. The maximum Gasteiger partial charge on any atom is 0.339 e. The van der Waals surface area contributed by atoms with E-state index in [4.69, 9.17) is 22.1 Å². The Kier molecular flexibility index (Phi) is 6.23. The number of nitrogens with one attached hydrogen (secondary N) is 1. The number of anilines is 2. The van der Waals surface area contributed by atoms with Gasteiger partial charge in [-0.25, -0.2) is 9.18 Å². The number of nitrogens with zero attached hydrogens (tertiary/aromatic N) is 6. The first-order valence-corrected chi connectivity index (χ1v) is 11.4. The van der Waals surface area contributed by atoms with Gasteiger partial charge in [-0.1, -0.05) is 12.1 Å². The monoisotopic (exact) mass is 491 g/mol. The van der Waals surface area contributed by atoms with E-state index in [1.807, 2.05) is 18.2 Å². The van der Waals surface area contributed by atoms with E-state index in [1.54, 1.807) is 34.8 Å². The Morgan fingerprint density at radius 1 is 1.00 bits per heavy atom. The molecule has 0 bridgehead atoms. The molecule has 4 aromatic rings. The van der Waals surface area contributed by atoms with Crippen LogP contribution in [0, 0.1) is 5.82 Å². The third kappa shape index (κ3) is 4.62. The van der Waals surface area contributed by atoms with Crippen LogP contribution >= 0.6 is 12.2 Å². The number of hydrogen-bond acceptors (Lipinski definition) is 7. The lowest BCUT2D eigenvalue weighted by Gasteiger charge is -2.36.